The molecule has 0 aliphatic rings. The van der Waals surface area contributed by atoms with Gasteiger partial charge >= 0.3 is 0 Å². The molecule has 0 saturated heterocycles. The number of fused-ring (bicyclic) bond motifs is 1. The van der Waals surface area contributed by atoms with Crippen molar-refractivity contribution in [3.8, 4) is 0 Å². The topological polar surface area (TPSA) is 103 Å². The van der Waals surface area contributed by atoms with Crippen LogP contribution in [0, 0.1) is 6.92 Å². The van der Waals surface area contributed by atoms with Crippen molar-refractivity contribution in [1.82, 2.24) is 19.7 Å². The molecule has 22 heavy (non-hydrogen) atoms. The largest absolute Gasteiger partial charge is 0.338 e. The third kappa shape index (κ3) is 2.68. The van der Waals surface area contributed by atoms with Gasteiger partial charge in [-0.25, -0.2) is 9.97 Å². The molecule has 1 amide bonds. The van der Waals surface area contributed by atoms with Crippen LogP contribution in [0.3, 0.4) is 0 Å². The standard InChI is InChI=1S/C13H10ClN5O3/c1-7-4-10(22-18-7)17-9(20)5-19-6-16-11-8(13(19)21)2-3-15-12(11)14/h2-4,6H,5H2,1H3,(H,17,20). The average Bonchev–Trinajstić information content (AvgIpc) is 2.88. The minimum absolute atomic E-state index is 0.142. The first-order valence-corrected chi connectivity index (χ1v) is 6.65. The number of halogens is 1. The minimum atomic E-state index is -0.431. The molecule has 0 aliphatic carbocycles. The van der Waals surface area contributed by atoms with Crippen LogP contribution in [0.15, 0.2) is 34.0 Å². The number of anilines is 1. The lowest BCUT2D eigenvalue weighted by molar-refractivity contribution is -0.116. The quantitative estimate of drug-likeness (QED) is 0.731. The van der Waals surface area contributed by atoms with Crippen molar-refractivity contribution in [2.24, 2.45) is 0 Å². The van der Waals surface area contributed by atoms with Crippen LogP contribution in [0.2, 0.25) is 5.15 Å². The van der Waals surface area contributed by atoms with Gasteiger partial charge in [0.2, 0.25) is 11.8 Å². The third-order valence-electron chi connectivity index (χ3n) is 2.90. The van der Waals surface area contributed by atoms with Crippen LogP contribution in [-0.2, 0) is 11.3 Å². The second kappa shape index (κ2) is 5.57. The van der Waals surface area contributed by atoms with E-state index in [0.717, 1.165) is 0 Å². The summed E-state index contributed by atoms with van der Waals surface area (Å²) in [6, 6.07) is 3.08. The van der Waals surface area contributed by atoms with Gasteiger partial charge in [0.05, 0.1) is 17.4 Å². The lowest BCUT2D eigenvalue weighted by atomic mass is 10.3. The highest BCUT2D eigenvalue weighted by Gasteiger charge is 2.12. The van der Waals surface area contributed by atoms with Crippen LogP contribution >= 0.6 is 11.6 Å². The van der Waals surface area contributed by atoms with E-state index in [4.69, 9.17) is 16.1 Å². The van der Waals surface area contributed by atoms with E-state index in [9.17, 15) is 9.59 Å². The third-order valence-corrected chi connectivity index (χ3v) is 3.18. The fourth-order valence-corrected chi connectivity index (χ4v) is 2.13. The summed E-state index contributed by atoms with van der Waals surface area (Å²) in [5.74, 6) is -0.212. The molecule has 3 heterocycles. The van der Waals surface area contributed by atoms with Crippen LogP contribution in [0.5, 0.6) is 0 Å². The molecule has 112 valence electrons. The Kier molecular flexibility index (Phi) is 3.60. The van der Waals surface area contributed by atoms with Gasteiger partial charge in [0, 0.05) is 12.3 Å². The first-order chi connectivity index (χ1) is 10.5. The van der Waals surface area contributed by atoms with Crippen molar-refractivity contribution in [3.05, 3.63) is 45.9 Å². The van der Waals surface area contributed by atoms with Crippen molar-refractivity contribution in [2.45, 2.75) is 13.5 Å². The van der Waals surface area contributed by atoms with Gasteiger partial charge in [0.1, 0.15) is 12.1 Å². The molecule has 0 bridgehead atoms. The number of carbonyl (C=O) groups is 1. The summed E-state index contributed by atoms with van der Waals surface area (Å²) in [4.78, 5) is 32.1. The zero-order chi connectivity index (χ0) is 15.7. The summed E-state index contributed by atoms with van der Waals surface area (Å²) in [5, 5.41) is 6.60. The van der Waals surface area contributed by atoms with Crippen LogP contribution in [0.1, 0.15) is 5.69 Å². The molecule has 0 fully saturated rings. The summed E-state index contributed by atoms with van der Waals surface area (Å²) in [5.41, 5.74) is 0.567. The van der Waals surface area contributed by atoms with E-state index in [2.05, 4.69) is 20.4 Å². The van der Waals surface area contributed by atoms with Crippen molar-refractivity contribution in [2.75, 3.05) is 5.32 Å². The van der Waals surface area contributed by atoms with Gasteiger partial charge in [-0.1, -0.05) is 16.8 Å². The number of aryl methyl sites for hydroxylation is 1. The van der Waals surface area contributed by atoms with Crippen molar-refractivity contribution < 1.29 is 9.32 Å². The SMILES string of the molecule is Cc1cc(NC(=O)Cn2cnc3c(Cl)nccc3c2=O)on1. The number of hydrogen-bond acceptors (Lipinski definition) is 6. The molecule has 0 saturated carbocycles. The van der Waals surface area contributed by atoms with E-state index in [0.29, 0.717) is 16.6 Å². The summed E-state index contributed by atoms with van der Waals surface area (Å²) in [6.07, 6.45) is 2.67. The number of hydrogen-bond donors (Lipinski definition) is 1. The molecule has 0 radical (unpaired) electrons. The van der Waals surface area contributed by atoms with Gasteiger partial charge in [-0.2, -0.15) is 0 Å². The second-order valence-corrected chi connectivity index (χ2v) is 4.91. The zero-order valence-corrected chi connectivity index (χ0v) is 12.2. The number of nitrogens with one attached hydrogen (secondary N) is 1. The molecule has 3 aromatic rings. The Hall–Kier alpha value is -2.74. The summed E-state index contributed by atoms with van der Waals surface area (Å²) in [7, 11) is 0. The molecular formula is C13H10ClN5O3. The molecule has 3 aromatic heterocycles. The number of pyridine rings is 1. The van der Waals surface area contributed by atoms with Gasteiger partial charge in [-0.15, -0.1) is 0 Å². The molecule has 0 atom stereocenters. The molecule has 9 heteroatoms. The lowest BCUT2D eigenvalue weighted by Gasteiger charge is -2.06. The predicted octanol–water partition coefficient (Wildman–Crippen LogP) is 1.38. The van der Waals surface area contributed by atoms with Crippen molar-refractivity contribution in [3.63, 3.8) is 0 Å². The van der Waals surface area contributed by atoms with Crippen LogP contribution < -0.4 is 10.9 Å². The van der Waals surface area contributed by atoms with E-state index < -0.39 is 5.91 Å². The highest BCUT2D eigenvalue weighted by molar-refractivity contribution is 6.33. The first-order valence-electron chi connectivity index (χ1n) is 6.27. The number of carbonyl (C=O) groups excluding carboxylic acids is 1. The van der Waals surface area contributed by atoms with Crippen LogP contribution in [-0.4, -0.2) is 25.6 Å². The Labute approximate surface area is 128 Å². The van der Waals surface area contributed by atoms with E-state index in [-0.39, 0.29) is 23.1 Å². The molecule has 8 nitrogen and oxygen atoms in total. The highest BCUT2D eigenvalue weighted by atomic mass is 35.5. The Morgan fingerprint density at radius 1 is 1.45 bits per heavy atom. The van der Waals surface area contributed by atoms with Gasteiger partial charge in [-0.05, 0) is 13.0 Å². The molecule has 0 unspecified atom stereocenters. The fourth-order valence-electron chi connectivity index (χ4n) is 1.93. The van der Waals surface area contributed by atoms with E-state index in [1.165, 1.54) is 23.2 Å². The van der Waals surface area contributed by atoms with E-state index in [1.54, 1.807) is 13.0 Å². The molecule has 3 rings (SSSR count). The normalized spacial score (nSPS) is 10.8. The molecule has 0 aromatic carbocycles. The Bertz CT molecular complexity index is 917. The second-order valence-electron chi connectivity index (χ2n) is 4.56. The predicted molar refractivity (Wildman–Crippen MR) is 78.7 cm³/mol. The summed E-state index contributed by atoms with van der Waals surface area (Å²) in [6.45, 7) is 1.52. The van der Waals surface area contributed by atoms with Gasteiger partial charge in [-0.3, -0.25) is 19.5 Å². The van der Waals surface area contributed by atoms with E-state index in [1.807, 2.05) is 0 Å². The summed E-state index contributed by atoms with van der Waals surface area (Å²) >= 11 is 5.88. The fraction of sp³-hybridized carbons (Fsp3) is 0.154. The monoisotopic (exact) mass is 319 g/mol. The number of rotatable bonds is 3. The number of nitrogens with zero attached hydrogens (tertiary/aromatic N) is 4. The Balaban J connectivity index is 1.86. The zero-order valence-electron chi connectivity index (χ0n) is 11.4. The van der Waals surface area contributed by atoms with Gasteiger partial charge < -0.3 is 4.52 Å². The molecule has 0 spiro atoms. The maximum absolute atomic E-state index is 12.3. The van der Waals surface area contributed by atoms with Crippen molar-refractivity contribution in [1.29, 1.82) is 0 Å². The Morgan fingerprint density at radius 2 is 2.27 bits per heavy atom. The minimum Gasteiger partial charge on any atom is -0.338 e. The maximum atomic E-state index is 12.3. The van der Waals surface area contributed by atoms with Crippen molar-refractivity contribution >= 4 is 34.3 Å². The summed E-state index contributed by atoms with van der Waals surface area (Å²) < 4.78 is 6.06. The number of aromatic nitrogens is 4. The van der Waals surface area contributed by atoms with E-state index >= 15 is 0 Å². The molecule has 0 aliphatic heterocycles. The first kappa shape index (κ1) is 14.2. The van der Waals surface area contributed by atoms with Gasteiger partial charge in [0.25, 0.3) is 5.56 Å². The van der Waals surface area contributed by atoms with Crippen LogP contribution in [0.25, 0.3) is 10.9 Å². The number of amides is 1. The smallest absolute Gasteiger partial charge is 0.261 e. The highest BCUT2D eigenvalue weighted by Crippen LogP contribution is 2.14. The van der Waals surface area contributed by atoms with Crippen LogP contribution in [0.4, 0.5) is 5.88 Å². The molecular weight excluding hydrogens is 310 g/mol. The average molecular weight is 320 g/mol. The lowest BCUT2D eigenvalue weighted by Crippen LogP contribution is -2.27. The Morgan fingerprint density at radius 3 is 3.00 bits per heavy atom. The molecule has 1 N–H and O–H groups in total. The maximum Gasteiger partial charge on any atom is 0.261 e. The van der Waals surface area contributed by atoms with Gasteiger partial charge in [0.15, 0.2) is 5.15 Å².